The third-order valence-electron chi connectivity index (χ3n) is 4.17. The molecule has 1 aliphatic carbocycles. The summed E-state index contributed by atoms with van der Waals surface area (Å²) in [6.07, 6.45) is 7.93. The molecule has 1 aliphatic rings. The van der Waals surface area contributed by atoms with Gasteiger partial charge in [-0.05, 0) is 18.9 Å². The van der Waals surface area contributed by atoms with Gasteiger partial charge >= 0.3 is 0 Å². The van der Waals surface area contributed by atoms with Gasteiger partial charge in [-0.1, -0.05) is 43.5 Å². The van der Waals surface area contributed by atoms with Gasteiger partial charge in [0.1, 0.15) is 0 Å². The molecule has 1 heterocycles. The molecule has 2 N–H and O–H groups in total. The van der Waals surface area contributed by atoms with Crippen LogP contribution < -0.4 is 5.73 Å². The molecule has 1 aromatic heterocycles. The monoisotopic (exact) mass is 270 g/mol. The number of pyridine rings is 1. The Morgan fingerprint density at radius 1 is 1.10 bits per heavy atom. The van der Waals surface area contributed by atoms with Crippen molar-refractivity contribution in [2.24, 2.45) is 5.73 Å². The molecule has 0 aliphatic heterocycles. The Kier molecular flexibility index (Phi) is 4.28. The second-order valence-corrected chi connectivity index (χ2v) is 5.64. The Bertz CT molecular complexity index is 564. The van der Waals surface area contributed by atoms with Crippen molar-refractivity contribution in [1.82, 2.24) is 4.98 Å². The van der Waals surface area contributed by atoms with Crippen LogP contribution in [-0.4, -0.2) is 17.1 Å². The molecule has 3 rings (SSSR count). The van der Waals surface area contributed by atoms with Gasteiger partial charge in [-0.25, -0.2) is 0 Å². The fourth-order valence-corrected chi connectivity index (χ4v) is 2.99. The van der Waals surface area contributed by atoms with E-state index in [0.717, 1.165) is 23.9 Å². The average molecular weight is 270 g/mol. The molecule has 1 aromatic carbocycles. The van der Waals surface area contributed by atoms with Gasteiger partial charge in [0.2, 0.25) is 0 Å². The Balaban J connectivity index is 1.73. The van der Waals surface area contributed by atoms with Crippen LogP contribution in [0.3, 0.4) is 0 Å². The number of benzene rings is 1. The lowest BCUT2D eigenvalue weighted by atomic mass is 10.1. The van der Waals surface area contributed by atoms with Gasteiger partial charge in [-0.2, -0.15) is 0 Å². The van der Waals surface area contributed by atoms with Crippen LogP contribution >= 0.6 is 0 Å². The van der Waals surface area contributed by atoms with Crippen LogP contribution in [0, 0.1) is 0 Å². The number of rotatable bonds is 3. The minimum atomic E-state index is 0.181. The molecule has 3 nitrogen and oxygen atoms in total. The number of aromatic nitrogens is 1. The van der Waals surface area contributed by atoms with Gasteiger partial charge in [-0.15, -0.1) is 0 Å². The first-order valence-electron chi connectivity index (χ1n) is 7.54. The summed E-state index contributed by atoms with van der Waals surface area (Å²) in [5.41, 5.74) is 8.41. The van der Waals surface area contributed by atoms with E-state index in [1.165, 1.54) is 24.6 Å². The van der Waals surface area contributed by atoms with Crippen molar-refractivity contribution in [2.45, 2.75) is 50.9 Å². The minimum Gasteiger partial charge on any atom is -0.372 e. The number of nitrogens with zero attached hydrogens (tertiary/aromatic N) is 1. The number of hydrogen-bond acceptors (Lipinski definition) is 3. The fraction of sp³-hybridized carbons (Fsp3) is 0.471. The molecule has 0 bridgehead atoms. The topological polar surface area (TPSA) is 48.1 Å². The van der Waals surface area contributed by atoms with E-state index >= 15 is 0 Å². The first kappa shape index (κ1) is 13.5. The molecule has 1 saturated carbocycles. The smallest absolute Gasteiger partial charge is 0.0757 e. The van der Waals surface area contributed by atoms with E-state index in [1.807, 2.05) is 12.3 Å². The summed E-state index contributed by atoms with van der Waals surface area (Å²) in [5, 5.41) is 1.17. The Hall–Kier alpha value is -1.45. The van der Waals surface area contributed by atoms with E-state index < -0.39 is 0 Å². The fourth-order valence-electron chi connectivity index (χ4n) is 2.99. The molecule has 0 spiro atoms. The van der Waals surface area contributed by atoms with Crippen molar-refractivity contribution in [2.75, 3.05) is 0 Å². The summed E-state index contributed by atoms with van der Waals surface area (Å²) >= 11 is 0. The zero-order valence-corrected chi connectivity index (χ0v) is 11.8. The molecule has 106 valence electrons. The molecule has 0 amide bonds. The number of fused-ring (bicyclic) bond motifs is 1. The molecule has 2 unspecified atom stereocenters. The molecular formula is C17H22N2O. The van der Waals surface area contributed by atoms with Crippen LogP contribution in [0.5, 0.6) is 0 Å². The van der Waals surface area contributed by atoms with Crippen molar-refractivity contribution in [3.63, 3.8) is 0 Å². The quantitative estimate of drug-likeness (QED) is 0.869. The summed E-state index contributed by atoms with van der Waals surface area (Å²) in [6, 6.07) is 10.5. The minimum absolute atomic E-state index is 0.181. The lowest BCUT2D eigenvalue weighted by Crippen LogP contribution is -2.35. The summed E-state index contributed by atoms with van der Waals surface area (Å²) < 4.78 is 6.10. The number of hydrogen-bond donors (Lipinski definition) is 1. The lowest BCUT2D eigenvalue weighted by Gasteiger charge is -2.22. The summed E-state index contributed by atoms with van der Waals surface area (Å²) in [5.74, 6) is 0. The van der Waals surface area contributed by atoms with Crippen molar-refractivity contribution >= 4 is 10.9 Å². The molecule has 1 fully saturated rings. The molecule has 2 atom stereocenters. The maximum atomic E-state index is 6.22. The van der Waals surface area contributed by atoms with E-state index in [1.54, 1.807) is 0 Å². The highest BCUT2D eigenvalue weighted by atomic mass is 16.5. The Morgan fingerprint density at radius 2 is 1.95 bits per heavy atom. The molecule has 0 radical (unpaired) electrons. The third-order valence-corrected chi connectivity index (χ3v) is 4.17. The second-order valence-electron chi connectivity index (χ2n) is 5.64. The first-order chi connectivity index (χ1) is 9.84. The van der Waals surface area contributed by atoms with E-state index in [4.69, 9.17) is 10.5 Å². The second kappa shape index (κ2) is 6.33. The van der Waals surface area contributed by atoms with Crippen LogP contribution in [-0.2, 0) is 11.3 Å². The van der Waals surface area contributed by atoms with Crippen molar-refractivity contribution in [1.29, 1.82) is 0 Å². The van der Waals surface area contributed by atoms with Gasteiger partial charge in [0.05, 0.1) is 18.2 Å². The Labute approximate surface area is 120 Å². The predicted molar refractivity (Wildman–Crippen MR) is 81.4 cm³/mol. The van der Waals surface area contributed by atoms with Gasteiger partial charge in [0.15, 0.2) is 0 Å². The molecule has 3 heteroatoms. The maximum absolute atomic E-state index is 6.22. The summed E-state index contributed by atoms with van der Waals surface area (Å²) in [4.78, 5) is 4.47. The van der Waals surface area contributed by atoms with E-state index in [-0.39, 0.29) is 12.1 Å². The standard InChI is InChI=1S/C17H22N2O/c18-15-9-2-1-3-10-16(15)20-12-14-7-4-6-13-8-5-11-19-17(13)14/h4-8,11,15-16H,1-3,9-10,12,18H2. The summed E-state index contributed by atoms with van der Waals surface area (Å²) in [7, 11) is 0. The first-order valence-corrected chi connectivity index (χ1v) is 7.54. The van der Waals surface area contributed by atoms with Gasteiger partial charge in [-0.3, -0.25) is 4.98 Å². The zero-order chi connectivity index (χ0) is 13.8. The van der Waals surface area contributed by atoms with Crippen molar-refractivity contribution in [3.8, 4) is 0 Å². The van der Waals surface area contributed by atoms with Crippen LogP contribution in [0.1, 0.15) is 37.7 Å². The molecule has 20 heavy (non-hydrogen) atoms. The number of para-hydroxylation sites is 1. The van der Waals surface area contributed by atoms with Gasteiger partial charge in [0, 0.05) is 23.2 Å². The van der Waals surface area contributed by atoms with Crippen LogP contribution in [0.4, 0.5) is 0 Å². The molecule has 0 saturated heterocycles. The summed E-state index contributed by atoms with van der Waals surface area (Å²) in [6.45, 7) is 0.604. The third kappa shape index (κ3) is 3.00. The highest BCUT2D eigenvalue weighted by Crippen LogP contribution is 2.22. The van der Waals surface area contributed by atoms with Gasteiger partial charge < -0.3 is 10.5 Å². The maximum Gasteiger partial charge on any atom is 0.0757 e. The number of ether oxygens (including phenoxy) is 1. The van der Waals surface area contributed by atoms with E-state index in [0.29, 0.717) is 6.61 Å². The molecular weight excluding hydrogens is 248 g/mol. The predicted octanol–water partition coefficient (Wildman–Crippen LogP) is 3.41. The van der Waals surface area contributed by atoms with Crippen LogP contribution in [0.15, 0.2) is 36.5 Å². The molecule has 2 aromatic rings. The highest BCUT2D eigenvalue weighted by Gasteiger charge is 2.21. The van der Waals surface area contributed by atoms with Gasteiger partial charge in [0.25, 0.3) is 0 Å². The van der Waals surface area contributed by atoms with Crippen LogP contribution in [0.25, 0.3) is 10.9 Å². The lowest BCUT2D eigenvalue weighted by molar-refractivity contribution is 0.0199. The highest BCUT2D eigenvalue weighted by molar-refractivity contribution is 5.81. The Morgan fingerprint density at radius 3 is 2.90 bits per heavy atom. The van der Waals surface area contributed by atoms with Crippen molar-refractivity contribution < 1.29 is 4.74 Å². The van der Waals surface area contributed by atoms with E-state index in [9.17, 15) is 0 Å². The van der Waals surface area contributed by atoms with E-state index in [2.05, 4.69) is 29.2 Å². The normalized spacial score (nSPS) is 23.6. The average Bonchev–Trinajstić information content (AvgIpc) is 2.69. The van der Waals surface area contributed by atoms with Crippen molar-refractivity contribution in [3.05, 3.63) is 42.1 Å². The largest absolute Gasteiger partial charge is 0.372 e. The van der Waals surface area contributed by atoms with Crippen LogP contribution in [0.2, 0.25) is 0 Å². The number of nitrogens with two attached hydrogens (primary N) is 1. The zero-order valence-electron chi connectivity index (χ0n) is 11.8. The SMILES string of the molecule is NC1CCCCCC1OCc1cccc2cccnc12.